The summed E-state index contributed by atoms with van der Waals surface area (Å²) in [6.45, 7) is -0.112. The van der Waals surface area contributed by atoms with E-state index in [1.165, 1.54) is 0 Å². The lowest BCUT2D eigenvalue weighted by Gasteiger charge is -2.08. The Bertz CT molecular complexity index is 1160. The smallest absolute Gasteiger partial charge is 0.277 e. The van der Waals surface area contributed by atoms with Gasteiger partial charge in [-0.15, -0.1) is 0 Å². The number of ether oxygens (including phenoxy) is 1. The molecule has 0 saturated heterocycles. The maximum Gasteiger partial charge on any atom is 0.277 e. The van der Waals surface area contributed by atoms with Gasteiger partial charge in [-0.3, -0.25) is 4.79 Å². The first-order valence-electron chi connectivity index (χ1n) is 9.06. The van der Waals surface area contributed by atoms with Gasteiger partial charge in [-0.05, 0) is 47.9 Å². The molecule has 0 fully saturated rings. The van der Waals surface area contributed by atoms with E-state index in [1.54, 1.807) is 6.21 Å². The van der Waals surface area contributed by atoms with Crippen molar-refractivity contribution >= 4 is 38.8 Å². The summed E-state index contributed by atoms with van der Waals surface area (Å²) in [5, 5.41) is 6.10. The summed E-state index contributed by atoms with van der Waals surface area (Å²) in [4.78, 5) is 12.1. The van der Waals surface area contributed by atoms with Gasteiger partial charge in [0, 0.05) is 21.7 Å². The van der Waals surface area contributed by atoms with E-state index in [9.17, 15) is 4.79 Å². The Kier molecular flexibility index (Phi) is 5.72. The maximum atomic E-state index is 12.1. The molecular weight excluding hydrogens is 430 g/mol. The summed E-state index contributed by atoms with van der Waals surface area (Å²) in [5.41, 5.74) is 4.37. The quantitative estimate of drug-likeness (QED) is 0.336. The summed E-state index contributed by atoms with van der Waals surface area (Å²) >= 11 is 3.43. The highest BCUT2D eigenvalue weighted by atomic mass is 79.9. The molecule has 1 aromatic heterocycles. The van der Waals surface area contributed by atoms with Crippen LogP contribution >= 0.6 is 15.9 Å². The fraction of sp³-hybridized carbons (Fsp3) is 0.0435. The monoisotopic (exact) mass is 447 g/mol. The van der Waals surface area contributed by atoms with Gasteiger partial charge in [0.2, 0.25) is 0 Å². The second kappa shape index (κ2) is 8.75. The lowest BCUT2D eigenvalue weighted by atomic mass is 10.1. The number of hydrazone groups is 1. The number of carbonyl (C=O) groups excluding carboxylic acids is 1. The van der Waals surface area contributed by atoms with Gasteiger partial charge in [0.1, 0.15) is 5.75 Å². The van der Waals surface area contributed by atoms with Crippen LogP contribution in [0, 0.1) is 0 Å². The highest BCUT2D eigenvalue weighted by molar-refractivity contribution is 9.10. The van der Waals surface area contributed by atoms with Gasteiger partial charge in [0.05, 0.1) is 11.9 Å². The van der Waals surface area contributed by atoms with Crippen molar-refractivity contribution in [3.63, 3.8) is 0 Å². The van der Waals surface area contributed by atoms with E-state index >= 15 is 0 Å². The molecule has 3 aromatic carbocycles. The van der Waals surface area contributed by atoms with Crippen LogP contribution < -0.4 is 10.2 Å². The normalized spacial score (nSPS) is 11.1. The number of carbonyl (C=O) groups is 1. The van der Waals surface area contributed by atoms with Gasteiger partial charge >= 0.3 is 0 Å². The molecule has 1 N–H and O–H groups in total. The first-order chi connectivity index (χ1) is 14.2. The van der Waals surface area contributed by atoms with Gasteiger partial charge < -0.3 is 9.30 Å². The molecule has 0 saturated carbocycles. The third-order valence-electron chi connectivity index (χ3n) is 4.38. The van der Waals surface area contributed by atoms with Crippen molar-refractivity contribution in [1.82, 2.24) is 9.99 Å². The van der Waals surface area contributed by atoms with Crippen LogP contribution in [0.5, 0.6) is 5.75 Å². The van der Waals surface area contributed by atoms with Gasteiger partial charge in [0.15, 0.2) is 6.61 Å². The van der Waals surface area contributed by atoms with E-state index in [0.29, 0.717) is 5.75 Å². The third-order valence-corrected chi connectivity index (χ3v) is 4.91. The zero-order chi connectivity index (χ0) is 20.1. The number of amides is 1. The van der Waals surface area contributed by atoms with E-state index in [4.69, 9.17) is 4.74 Å². The lowest BCUT2D eigenvalue weighted by molar-refractivity contribution is -0.123. The van der Waals surface area contributed by atoms with Gasteiger partial charge in [0.25, 0.3) is 5.91 Å². The summed E-state index contributed by atoms with van der Waals surface area (Å²) < 4.78 is 8.67. The largest absolute Gasteiger partial charge is 0.483 e. The summed E-state index contributed by atoms with van der Waals surface area (Å²) in [6.07, 6.45) is 3.55. The second-order valence-electron chi connectivity index (χ2n) is 6.34. The molecule has 4 aromatic rings. The molecule has 0 aliphatic carbocycles. The van der Waals surface area contributed by atoms with E-state index in [-0.39, 0.29) is 12.5 Å². The molecule has 0 aliphatic rings. The van der Waals surface area contributed by atoms with Crippen molar-refractivity contribution in [1.29, 1.82) is 0 Å². The van der Waals surface area contributed by atoms with Gasteiger partial charge in [-0.1, -0.05) is 52.3 Å². The number of hydrogen-bond donors (Lipinski definition) is 1. The van der Waals surface area contributed by atoms with Crippen LogP contribution in [-0.2, 0) is 4.79 Å². The van der Waals surface area contributed by atoms with Crippen LogP contribution in [0.15, 0.2) is 94.6 Å². The van der Waals surface area contributed by atoms with E-state index in [0.717, 1.165) is 26.6 Å². The van der Waals surface area contributed by atoms with Crippen LogP contribution in [0.1, 0.15) is 5.69 Å². The predicted octanol–water partition coefficient (Wildman–Crippen LogP) is 4.92. The number of halogens is 1. The minimum absolute atomic E-state index is 0.112. The molecule has 0 spiro atoms. The van der Waals surface area contributed by atoms with Gasteiger partial charge in [-0.2, -0.15) is 5.10 Å². The first-order valence-corrected chi connectivity index (χ1v) is 9.86. The van der Waals surface area contributed by atoms with E-state index in [1.807, 2.05) is 89.6 Å². The van der Waals surface area contributed by atoms with E-state index in [2.05, 4.69) is 26.5 Å². The van der Waals surface area contributed by atoms with Gasteiger partial charge in [-0.25, -0.2) is 5.43 Å². The van der Waals surface area contributed by atoms with Crippen molar-refractivity contribution in [3.05, 3.63) is 95.2 Å². The summed E-state index contributed by atoms with van der Waals surface area (Å²) in [5.74, 6) is 0.349. The van der Waals surface area contributed by atoms with Crippen molar-refractivity contribution in [2.24, 2.45) is 5.10 Å². The van der Waals surface area contributed by atoms with Crippen molar-refractivity contribution < 1.29 is 9.53 Å². The minimum atomic E-state index is -0.323. The summed E-state index contributed by atoms with van der Waals surface area (Å²) in [7, 11) is 0. The fourth-order valence-electron chi connectivity index (χ4n) is 3.00. The molecule has 6 heteroatoms. The Morgan fingerprint density at radius 2 is 1.79 bits per heavy atom. The zero-order valence-electron chi connectivity index (χ0n) is 15.5. The molecule has 144 valence electrons. The Labute approximate surface area is 176 Å². The zero-order valence-corrected chi connectivity index (χ0v) is 17.0. The number of rotatable bonds is 6. The second-order valence-corrected chi connectivity index (χ2v) is 7.25. The van der Waals surface area contributed by atoms with Crippen molar-refractivity contribution in [2.75, 3.05) is 6.61 Å². The number of nitrogens with zero attached hydrogens (tertiary/aromatic N) is 2. The number of hydrogen-bond acceptors (Lipinski definition) is 3. The lowest BCUT2D eigenvalue weighted by Crippen LogP contribution is -2.24. The van der Waals surface area contributed by atoms with Crippen LogP contribution in [-0.4, -0.2) is 23.3 Å². The molecule has 0 aliphatic heterocycles. The topological polar surface area (TPSA) is 55.6 Å². The van der Waals surface area contributed by atoms with Crippen molar-refractivity contribution in [3.8, 4) is 11.4 Å². The first kappa shape index (κ1) is 19.0. The number of fused-ring (bicyclic) bond motifs is 1. The third kappa shape index (κ3) is 4.55. The molecule has 1 heterocycles. The number of benzene rings is 3. The average molecular weight is 448 g/mol. The molecule has 0 unspecified atom stereocenters. The molecule has 0 atom stereocenters. The molecule has 1 amide bonds. The fourth-order valence-corrected chi connectivity index (χ4v) is 3.27. The van der Waals surface area contributed by atoms with Crippen LogP contribution in [0.2, 0.25) is 0 Å². The molecule has 29 heavy (non-hydrogen) atoms. The van der Waals surface area contributed by atoms with Crippen LogP contribution in [0.3, 0.4) is 0 Å². The highest BCUT2D eigenvalue weighted by Gasteiger charge is 2.05. The SMILES string of the molecule is O=C(COc1cccc2ccccc12)N/N=C\c1cccn1-c1ccc(Br)cc1. The van der Waals surface area contributed by atoms with Crippen LogP contribution in [0.25, 0.3) is 16.5 Å². The van der Waals surface area contributed by atoms with Crippen LogP contribution in [0.4, 0.5) is 0 Å². The van der Waals surface area contributed by atoms with Crippen molar-refractivity contribution in [2.45, 2.75) is 0 Å². The predicted molar refractivity (Wildman–Crippen MR) is 119 cm³/mol. The Hall–Kier alpha value is -3.38. The Morgan fingerprint density at radius 1 is 1.00 bits per heavy atom. The Balaban J connectivity index is 1.37. The molecular formula is C23H18BrN3O2. The molecule has 4 rings (SSSR count). The highest BCUT2D eigenvalue weighted by Crippen LogP contribution is 2.24. The standard InChI is InChI=1S/C23H18BrN3O2/c24-18-10-12-19(13-11-18)27-14-4-7-20(27)15-25-26-23(28)16-29-22-9-3-6-17-5-1-2-8-21(17)22/h1-15H,16H2,(H,26,28)/b25-15-. The minimum Gasteiger partial charge on any atom is -0.483 e. The molecule has 0 radical (unpaired) electrons. The maximum absolute atomic E-state index is 12.1. The summed E-state index contributed by atoms with van der Waals surface area (Å²) in [6, 6.07) is 25.4. The molecule has 0 bridgehead atoms. The van der Waals surface area contributed by atoms with E-state index < -0.39 is 0 Å². The number of nitrogens with one attached hydrogen (secondary N) is 1. The average Bonchev–Trinajstić information content (AvgIpc) is 3.21. The number of aromatic nitrogens is 1. The Morgan fingerprint density at radius 3 is 2.66 bits per heavy atom. The molecule has 5 nitrogen and oxygen atoms in total.